The third-order valence-corrected chi connectivity index (χ3v) is 7.60. The fourth-order valence-corrected chi connectivity index (χ4v) is 5.81. The van der Waals surface area contributed by atoms with Gasteiger partial charge in [-0.3, -0.25) is 19.4 Å². The van der Waals surface area contributed by atoms with Gasteiger partial charge in [0, 0.05) is 6.61 Å². The van der Waals surface area contributed by atoms with Crippen LogP contribution in [0, 0.1) is 0 Å². The second-order valence-corrected chi connectivity index (χ2v) is 10.5. The number of hydrogen-bond donors (Lipinski definition) is 2. The Balaban J connectivity index is 1.42. The number of carbonyl (C=O) groups is 1. The minimum Gasteiger partial charge on any atom is -0.489 e. The SMILES string of the molecule is CC1(C)CC(n2[nH]c(=O)c3c2NC(=O)CSC3c2ccc(OCc3ccccc3)cc2)CCO1. The lowest BCUT2D eigenvalue weighted by Crippen LogP contribution is -2.36. The number of carbonyl (C=O) groups excluding carboxylic acids is 1. The maximum Gasteiger partial charge on any atom is 0.270 e. The van der Waals surface area contributed by atoms with Crippen molar-refractivity contribution in [2.24, 2.45) is 0 Å². The molecular formula is C26H29N3O4S. The third-order valence-electron chi connectivity index (χ3n) is 6.33. The van der Waals surface area contributed by atoms with Crippen LogP contribution in [-0.2, 0) is 16.1 Å². The van der Waals surface area contributed by atoms with Crippen molar-refractivity contribution in [1.82, 2.24) is 9.78 Å². The van der Waals surface area contributed by atoms with Gasteiger partial charge in [0.15, 0.2) is 0 Å². The van der Waals surface area contributed by atoms with E-state index < -0.39 is 0 Å². The Hall–Kier alpha value is -2.97. The summed E-state index contributed by atoms with van der Waals surface area (Å²) in [6, 6.07) is 17.9. The summed E-state index contributed by atoms with van der Waals surface area (Å²) in [5, 5.41) is 5.75. The van der Waals surface area contributed by atoms with Crippen molar-refractivity contribution in [1.29, 1.82) is 0 Å². The summed E-state index contributed by atoms with van der Waals surface area (Å²) < 4.78 is 13.6. The molecular weight excluding hydrogens is 450 g/mol. The molecule has 0 aliphatic carbocycles. The Labute approximate surface area is 202 Å². The molecule has 1 saturated heterocycles. The first-order chi connectivity index (χ1) is 16.4. The lowest BCUT2D eigenvalue weighted by molar-refractivity contribution is -0.113. The Morgan fingerprint density at radius 2 is 1.88 bits per heavy atom. The number of anilines is 1. The molecule has 0 spiro atoms. The monoisotopic (exact) mass is 479 g/mol. The van der Waals surface area contributed by atoms with E-state index in [1.165, 1.54) is 11.8 Å². The topological polar surface area (TPSA) is 85.4 Å². The molecule has 1 aromatic heterocycles. The van der Waals surface area contributed by atoms with Gasteiger partial charge in [-0.1, -0.05) is 42.5 Å². The first-order valence-corrected chi connectivity index (χ1v) is 12.6. The highest BCUT2D eigenvalue weighted by Crippen LogP contribution is 2.42. The summed E-state index contributed by atoms with van der Waals surface area (Å²) in [7, 11) is 0. The summed E-state index contributed by atoms with van der Waals surface area (Å²) in [4.78, 5) is 25.7. The van der Waals surface area contributed by atoms with Crippen molar-refractivity contribution in [2.75, 3.05) is 17.7 Å². The molecule has 2 atom stereocenters. The van der Waals surface area contributed by atoms with Crippen molar-refractivity contribution in [3.05, 3.63) is 81.6 Å². The molecule has 2 aromatic carbocycles. The maximum atomic E-state index is 13.2. The minimum absolute atomic E-state index is 0.0537. The first-order valence-electron chi connectivity index (χ1n) is 11.6. The average Bonchev–Trinajstić information content (AvgIpc) is 3.03. The molecule has 5 rings (SSSR count). The number of hydrogen-bond acceptors (Lipinski definition) is 5. The molecule has 0 bridgehead atoms. The molecule has 2 aliphatic heterocycles. The number of nitrogens with one attached hydrogen (secondary N) is 2. The van der Waals surface area contributed by atoms with Crippen molar-refractivity contribution >= 4 is 23.5 Å². The largest absolute Gasteiger partial charge is 0.489 e. The van der Waals surface area contributed by atoms with Crippen LogP contribution in [0.4, 0.5) is 5.82 Å². The Bertz CT molecular complexity index is 1220. The smallest absolute Gasteiger partial charge is 0.270 e. The van der Waals surface area contributed by atoms with E-state index in [-0.39, 0.29) is 34.1 Å². The van der Waals surface area contributed by atoms with Crippen molar-refractivity contribution < 1.29 is 14.3 Å². The van der Waals surface area contributed by atoms with E-state index >= 15 is 0 Å². The van der Waals surface area contributed by atoms with Gasteiger partial charge in [-0.15, -0.1) is 11.8 Å². The van der Waals surface area contributed by atoms with Crippen LogP contribution in [0.3, 0.4) is 0 Å². The standard InChI is InChI=1S/C26H29N3O4S/c1-26(2)14-19(12-13-33-26)29-24-22(25(31)28-29)23(34-16-21(30)27-24)18-8-10-20(11-9-18)32-15-17-6-4-3-5-7-17/h3-11,19,23H,12-16H2,1-2H3,(H,27,30)(H,28,31). The van der Waals surface area contributed by atoms with E-state index in [4.69, 9.17) is 9.47 Å². The van der Waals surface area contributed by atoms with E-state index in [0.717, 1.165) is 29.7 Å². The number of aromatic nitrogens is 2. The molecule has 178 valence electrons. The molecule has 3 aromatic rings. The van der Waals surface area contributed by atoms with Gasteiger partial charge in [0.1, 0.15) is 18.2 Å². The molecule has 0 saturated carbocycles. The molecule has 2 aliphatic rings. The van der Waals surface area contributed by atoms with Gasteiger partial charge in [-0.2, -0.15) is 0 Å². The molecule has 2 N–H and O–H groups in total. The Morgan fingerprint density at radius 3 is 2.62 bits per heavy atom. The van der Waals surface area contributed by atoms with Crippen LogP contribution in [0.2, 0.25) is 0 Å². The second kappa shape index (κ2) is 9.35. The zero-order valence-electron chi connectivity index (χ0n) is 19.4. The first kappa shape index (κ1) is 22.8. The van der Waals surface area contributed by atoms with Crippen molar-refractivity contribution in [3.8, 4) is 5.75 Å². The van der Waals surface area contributed by atoms with E-state index in [9.17, 15) is 9.59 Å². The predicted octanol–water partition coefficient (Wildman–Crippen LogP) is 4.66. The quantitative estimate of drug-likeness (QED) is 0.556. The number of nitrogens with zero attached hydrogens (tertiary/aromatic N) is 1. The van der Waals surface area contributed by atoms with Gasteiger partial charge < -0.3 is 14.8 Å². The fraction of sp³-hybridized carbons (Fsp3) is 0.385. The van der Waals surface area contributed by atoms with Gasteiger partial charge in [-0.05, 0) is 49.9 Å². The second-order valence-electron chi connectivity index (χ2n) is 9.41. The normalized spacial score (nSPS) is 21.9. The molecule has 1 fully saturated rings. The lowest BCUT2D eigenvalue weighted by atomic mass is 9.94. The van der Waals surface area contributed by atoms with Crippen LogP contribution >= 0.6 is 11.8 Å². The average molecular weight is 480 g/mol. The van der Waals surface area contributed by atoms with Crippen LogP contribution in [0.1, 0.15) is 54.7 Å². The number of fused-ring (bicyclic) bond motifs is 1. The van der Waals surface area contributed by atoms with Crippen molar-refractivity contribution in [2.45, 2.75) is 50.2 Å². The molecule has 1 amide bonds. The van der Waals surface area contributed by atoms with Crippen LogP contribution < -0.4 is 15.6 Å². The number of ether oxygens (including phenoxy) is 2. The van der Waals surface area contributed by atoms with E-state index in [1.807, 2.05) is 59.3 Å². The Kier molecular flexibility index (Phi) is 6.27. The molecule has 2 unspecified atom stereocenters. The highest BCUT2D eigenvalue weighted by molar-refractivity contribution is 8.00. The number of aromatic amines is 1. The van der Waals surface area contributed by atoms with E-state index in [0.29, 0.717) is 24.6 Å². The molecule has 0 radical (unpaired) electrons. The number of rotatable bonds is 5. The molecule has 7 nitrogen and oxygen atoms in total. The van der Waals surface area contributed by atoms with Crippen LogP contribution in [0.15, 0.2) is 59.4 Å². The van der Waals surface area contributed by atoms with Gasteiger partial charge >= 0.3 is 0 Å². The lowest BCUT2D eigenvalue weighted by Gasteiger charge is -2.36. The highest BCUT2D eigenvalue weighted by Gasteiger charge is 2.36. The van der Waals surface area contributed by atoms with Gasteiger partial charge in [0.2, 0.25) is 5.91 Å². The van der Waals surface area contributed by atoms with E-state index in [1.54, 1.807) is 0 Å². The summed E-state index contributed by atoms with van der Waals surface area (Å²) in [5.74, 6) is 1.52. The minimum atomic E-state index is -0.282. The van der Waals surface area contributed by atoms with Crippen LogP contribution in [0.5, 0.6) is 5.75 Å². The zero-order chi connectivity index (χ0) is 23.7. The number of amides is 1. The fourth-order valence-electron chi connectivity index (χ4n) is 4.68. The number of thioether (sulfide) groups is 1. The molecule has 3 heterocycles. The van der Waals surface area contributed by atoms with Gasteiger partial charge in [-0.25, -0.2) is 0 Å². The molecule has 34 heavy (non-hydrogen) atoms. The number of H-pyrrole nitrogens is 1. The van der Waals surface area contributed by atoms with Gasteiger partial charge in [0.25, 0.3) is 5.56 Å². The van der Waals surface area contributed by atoms with E-state index in [2.05, 4.69) is 24.3 Å². The summed E-state index contributed by atoms with van der Waals surface area (Å²) in [5.41, 5.74) is 2.21. The number of benzene rings is 2. The molecule has 8 heteroatoms. The predicted molar refractivity (Wildman–Crippen MR) is 134 cm³/mol. The Morgan fingerprint density at radius 1 is 1.12 bits per heavy atom. The van der Waals surface area contributed by atoms with Crippen molar-refractivity contribution in [3.63, 3.8) is 0 Å². The summed E-state index contributed by atoms with van der Waals surface area (Å²) in [6.45, 7) is 5.21. The maximum absolute atomic E-state index is 13.2. The third kappa shape index (κ3) is 4.79. The van der Waals surface area contributed by atoms with Crippen LogP contribution in [0.25, 0.3) is 0 Å². The highest BCUT2D eigenvalue weighted by atomic mass is 32.2. The van der Waals surface area contributed by atoms with Gasteiger partial charge in [0.05, 0.1) is 28.2 Å². The van der Waals surface area contributed by atoms with Crippen LogP contribution in [-0.4, -0.2) is 33.6 Å². The summed E-state index contributed by atoms with van der Waals surface area (Å²) >= 11 is 1.47. The zero-order valence-corrected chi connectivity index (χ0v) is 20.2. The summed E-state index contributed by atoms with van der Waals surface area (Å²) in [6.07, 6.45) is 1.53.